The summed E-state index contributed by atoms with van der Waals surface area (Å²) < 4.78 is 6.77. The van der Waals surface area contributed by atoms with Gasteiger partial charge in [0.25, 0.3) is 0 Å². The summed E-state index contributed by atoms with van der Waals surface area (Å²) in [5.74, 6) is -1.48. The van der Waals surface area contributed by atoms with Crippen LogP contribution in [0.5, 0.6) is 0 Å². The van der Waals surface area contributed by atoms with Crippen molar-refractivity contribution in [2.75, 3.05) is 6.61 Å². The molecular weight excluding hydrogens is 306 g/mol. The summed E-state index contributed by atoms with van der Waals surface area (Å²) in [7, 11) is 1.76. The minimum atomic E-state index is -1.05. The molecule has 6 heteroatoms. The second-order valence-corrected chi connectivity index (χ2v) is 5.24. The average molecular weight is 322 g/mol. The number of carboxylic acid groups (broad SMARTS) is 1. The number of ether oxygens (including phenoxy) is 1. The third-order valence-corrected chi connectivity index (χ3v) is 3.75. The Morgan fingerprint density at radius 3 is 2.55 bits per heavy atom. The first-order valence-electron chi connectivity index (χ1n) is 6.73. The first-order chi connectivity index (χ1) is 10.4. The highest BCUT2D eigenvalue weighted by Gasteiger charge is 2.21. The zero-order valence-electron chi connectivity index (χ0n) is 12.5. The third kappa shape index (κ3) is 2.85. The van der Waals surface area contributed by atoms with Crippen molar-refractivity contribution in [3.05, 3.63) is 46.1 Å². The van der Waals surface area contributed by atoms with Crippen LogP contribution in [0, 0.1) is 6.92 Å². The van der Waals surface area contributed by atoms with Crippen LogP contribution in [-0.2, 0) is 11.8 Å². The first kappa shape index (κ1) is 16.1. The molecule has 0 saturated carbocycles. The van der Waals surface area contributed by atoms with E-state index in [1.165, 1.54) is 12.1 Å². The van der Waals surface area contributed by atoms with E-state index >= 15 is 0 Å². The van der Waals surface area contributed by atoms with Gasteiger partial charge in [0.2, 0.25) is 0 Å². The number of aromatic nitrogens is 1. The Morgan fingerprint density at radius 1 is 1.27 bits per heavy atom. The number of rotatable bonds is 4. The molecule has 0 saturated heterocycles. The predicted molar refractivity (Wildman–Crippen MR) is 83.5 cm³/mol. The van der Waals surface area contributed by atoms with Gasteiger partial charge in [-0.1, -0.05) is 11.6 Å². The van der Waals surface area contributed by atoms with Crippen molar-refractivity contribution in [2.45, 2.75) is 13.8 Å². The van der Waals surface area contributed by atoms with Crippen molar-refractivity contribution in [3.63, 3.8) is 0 Å². The smallest absolute Gasteiger partial charge is 0.339 e. The van der Waals surface area contributed by atoms with Gasteiger partial charge < -0.3 is 14.4 Å². The lowest BCUT2D eigenvalue weighted by atomic mass is 10.0. The molecule has 0 aliphatic carbocycles. The van der Waals surface area contributed by atoms with Gasteiger partial charge in [-0.15, -0.1) is 0 Å². The van der Waals surface area contributed by atoms with E-state index in [2.05, 4.69) is 0 Å². The zero-order valence-corrected chi connectivity index (χ0v) is 13.3. The minimum absolute atomic E-state index is 0.125. The van der Waals surface area contributed by atoms with Gasteiger partial charge in [0, 0.05) is 29.0 Å². The van der Waals surface area contributed by atoms with Crippen LogP contribution in [0.25, 0.3) is 11.3 Å². The number of hydrogen-bond acceptors (Lipinski definition) is 3. The van der Waals surface area contributed by atoms with Gasteiger partial charge in [-0.2, -0.15) is 0 Å². The maximum atomic E-state index is 12.0. The number of carboxylic acids is 1. The summed E-state index contributed by atoms with van der Waals surface area (Å²) in [6.07, 6.45) is 0. The maximum absolute atomic E-state index is 12.0. The van der Waals surface area contributed by atoms with Crippen molar-refractivity contribution >= 4 is 23.5 Å². The molecule has 0 spiro atoms. The summed E-state index contributed by atoms with van der Waals surface area (Å²) in [5.41, 5.74) is 2.29. The second kappa shape index (κ2) is 6.23. The Labute approximate surface area is 133 Å². The van der Waals surface area contributed by atoms with Crippen LogP contribution < -0.4 is 0 Å². The molecular formula is C16H16ClNO4. The van der Waals surface area contributed by atoms with Gasteiger partial charge in [0.05, 0.1) is 17.7 Å². The number of benzene rings is 1. The van der Waals surface area contributed by atoms with Crippen LogP contribution in [0.3, 0.4) is 0 Å². The molecule has 0 aliphatic rings. The fourth-order valence-corrected chi connectivity index (χ4v) is 2.46. The van der Waals surface area contributed by atoms with Crippen LogP contribution in [0.1, 0.15) is 33.3 Å². The Bertz CT molecular complexity index is 749. The van der Waals surface area contributed by atoms with Crippen molar-refractivity contribution in [3.8, 4) is 11.3 Å². The van der Waals surface area contributed by atoms with Gasteiger partial charge in [0.15, 0.2) is 0 Å². The fraction of sp³-hybridized carbons (Fsp3) is 0.250. The van der Waals surface area contributed by atoms with E-state index in [-0.39, 0.29) is 12.2 Å². The van der Waals surface area contributed by atoms with Gasteiger partial charge in [-0.25, -0.2) is 9.59 Å². The van der Waals surface area contributed by atoms with E-state index < -0.39 is 11.9 Å². The Morgan fingerprint density at radius 2 is 1.95 bits per heavy atom. The van der Waals surface area contributed by atoms with Crippen molar-refractivity contribution in [1.82, 2.24) is 4.57 Å². The van der Waals surface area contributed by atoms with Crippen molar-refractivity contribution in [2.24, 2.45) is 7.05 Å². The van der Waals surface area contributed by atoms with Crippen LogP contribution in [0.2, 0.25) is 5.02 Å². The largest absolute Gasteiger partial charge is 0.478 e. The van der Waals surface area contributed by atoms with Gasteiger partial charge in [0.1, 0.15) is 0 Å². The van der Waals surface area contributed by atoms with Crippen LogP contribution in [0.4, 0.5) is 0 Å². The number of nitrogens with zero attached hydrogens (tertiary/aromatic N) is 1. The summed E-state index contributed by atoms with van der Waals surface area (Å²) in [6, 6.07) is 6.18. The topological polar surface area (TPSA) is 68.5 Å². The molecule has 0 fully saturated rings. The standard InChI is InChI=1S/C16H16ClNO4/c1-4-22-16(21)12-8-14(18(3)9(12)2)13-7-10(17)5-6-11(13)15(19)20/h5-8H,4H2,1-3H3,(H,19,20). The number of carbonyl (C=O) groups is 2. The first-order valence-corrected chi connectivity index (χ1v) is 7.11. The highest BCUT2D eigenvalue weighted by atomic mass is 35.5. The van der Waals surface area contributed by atoms with Gasteiger partial charge in [-0.3, -0.25) is 0 Å². The molecule has 0 bridgehead atoms. The molecule has 1 heterocycles. The number of halogens is 1. The molecule has 0 radical (unpaired) electrons. The van der Waals surface area contributed by atoms with E-state index in [1.54, 1.807) is 37.6 Å². The molecule has 2 rings (SSSR count). The molecule has 0 unspecified atom stereocenters. The van der Waals surface area contributed by atoms with Crippen LogP contribution >= 0.6 is 11.6 Å². The van der Waals surface area contributed by atoms with Crippen LogP contribution in [-0.4, -0.2) is 28.2 Å². The van der Waals surface area contributed by atoms with E-state index in [0.717, 1.165) is 0 Å². The highest BCUT2D eigenvalue weighted by Crippen LogP contribution is 2.30. The quantitative estimate of drug-likeness (QED) is 0.875. The maximum Gasteiger partial charge on any atom is 0.339 e. The lowest BCUT2D eigenvalue weighted by Gasteiger charge is -2.09. The van der Waals surface area contributed by atoms with Crippen molar-refractivity contribution in [1.29, 1.82) is 0 Å². The van der Waals surface area contributed by atoms with E-state index in [0.29, 0.717) is 27.5 Å². The number of carbonyl (C=O) groups excluding carboxylic acids is 1. The zero-order chi connectivity index (χ0) is 16.4. The Hall–Kier alpha value is -2.27. The Balaban J connectivity index is 2.64. The van der Waals surface area contributed by atoms with Crippen molar-refractivity contribution < 1.29 is 19.4 Å². The summed E-state index contributed by atoms with van der Waals surface area (Å²) in [5, 5.41) is 9.76. The third-order valence-electron chi connectivity index (χ3n) is 3.52. The lowest BCUT2D eigenvalue weighted by Crippen LogP contribution is -2.06. The molecule has 0 atom stereocenters. The molecule has 1 aromatic carbocycles. The summed E-state index contributed by atoms with van der Waals surface area (Å²) >= 11 is 5.99. The van der Waals surface area contributed by atoms with Gasteiger partial charge >= 0.3 is 11.9 Å². The molecule has 116 valence electrons. The minimum Gasteiger partial charge on any atom is -0.478 e. The fourth-order valence-electron chi connectivity index (χ4n) is 2.29. The molecule has 2 aromatic rings. The monoisotopic (exact) mass is 321 g/mol. The number of aromatic carboxylic acids is 1. The normalized spacial score (nSPS) is 10.5. The molecule has 5 nitrogen and oxygen atoms in total. The lowest BCUT2D eigenvalue weighted by molar-refractivity contribution is 0.0525. The number of esters is 1. The molecule has 22 heavy (non-hydrogen) atoms. The van der Waals surface area contributed by atoms with E-state index in [4.69, 9.17) is 16.3 Å². The molecule has 1 N–H and O–H groups in total. The average Bonchev–Trinajstić information content (AvgIpc) is 2.75. The molecule has 0 amide bonds. The SMILES string of the molecule is CCOC(=O)c1cc(-c2cc(Cl)ccc2C(=O)O)n(C)c1C. The second-order valence-electron chi connectivity index (χ2n) is 4.80. The highest BCUT2D eigenvalue weighted by molar-refractivity contribution is 6.31. The molecule has 0 aliphatic heterocycles. The Kier molecular flexibility index (Phi) is 4.56. The van der Waals surface area contributed by atoms with E-state index in [1.807, 2.05) is 0 Å². The summed E-state index contributed by atoms with van der Waals surface area (Å²) in [6.45, 7) is 3.79. The predicted octanol–water partition coefficient (Wildman–Crippen LogP) is 3.53. The van der Waals surface area contributed by atoms with Gasteiger partial charge in [-0.05, 0) is 38.1 Å². The van der Waals surface area contributed by atoms with Crippen LogP contribution in [0.15, 0.2) is 24.3 Å². The molecule has 1 aromatic heterocycles. The number of hydrogen-bond donors (Lipinski definition) is 1. The summed E-state index contributed by atoms with van der Waals surface area (Å²) in [4.78, 5) is 23.4. The van der Waals surface area contributed by atoms with E-state index in [9.17, 15) is 14.7 Å².